The molecule has 31 heavy (non-hydrogen) atoms. The van der Waals surface area contributed by atoms with Crippen LogP contribution in [0.3, 0.4) is 0 Å². The Morgan fingerprint density at radius 3 is 2.42 bits per heavy atom. The first-order chi connectivity index (χ1) is 15.1. The maximum absolute atomic E-state index is 13.2. The van der Waals surface area contributed by atoms with Crippen molar-refractivity contribution in [2.45, 2.75) is 71.0 Å². The minimum atomic E-state index is -0.156. The SMILES string of the molecule is CCCCN(CCCC)C(=O)N1CCn2c(c(O)n([C@H]3C[C@@H]3c3ccccc3)c2=O)C1. The van der Waals surface area contributed by atoms with Crippen LogP contribution in [0.5, 0.6) is 5.88 Å². The molecule has 0 unspecified atom stereocenters. The number of amides is 2. The number of aromatic nitrogens is 2. The minimum absolute atomic E-state index is 0.0113. The molecule has 1 aliphatic heterocycles. The van der Waals surface area contributed by atoms with Crippen molar-refractivity contribution < 1.29 is 9.90 Å². The number of urea groups is 1. The third-order valence-corrected chi connectivity index (χ3v) is 6.60. The number of benzene rings is 1. The van der Waals surface area contributed by atoms with Gasteiger partial charge in [0.05, 0.1) is 6.54 Å². The fourth-order valence-electron chi connectivity index (χ4n) is 4.65. The second-order valence-corrected chi connectivity index (χ2v) is 8.79. The van der Waals surface area contributed by atoms with E-state index in [1.54, 1.807) is 14.0 Å². The highest BCUT2D eigenvalue weighted by Crippen LogP contribution is 2.52. The van der Waals surface area contributed by atoms with Gasteiger partial charge in [0.25, 0.3) is 0 Å². The maximum atomic E-state index is 13.2. The fraction of sp³-hybridized carbons (Fsp3) is 0.583. The van der Waals surface area contributed by atoms with Gasteiger partial charge in [-0.2, -0.15) is 0 Å². The molecule has 2 atom stereocenters. The van der Waals surface area contributed by atoms with Crippen molar-refractivity contribution in [2.75, 3.05) is 19.6 Å². The number of nitrogens with zero attached hydrogens (tertiary/aromatic N) is 4. The van der Waals surface area contributed by atoms with Crippen molar-refractivity contribution in [3.63, 3.8) is 0 Å². The standard InChI is InChI=1S/C24H34N4O3/c1-3-5-12-25(13-6-4-2)23(30)26-14-15-27-21(17-26)22(29)28(24(27)31)20-16-19(20)18-10-8-7-9-11-18/h7-11,19-20,29H,3-6,12-17H2,1-2H3/t19-,20+/m1/s1. The maximum Gasteiger partial charge on any atom is 0.331 e. The Morgan fingerprint density at radius 1 is 1.10 bits per heavy atom. The van der Waals surface area contributed by atoms with Gasteiger partial charge in [-0.25, -0.2) is 9.59 Å². The lowest BCUT2D eigenvalue weighted by Gasteiger charge is -2.33. The predicted octanol–water partition coefficient (Wildman–Crippen LogP) is 3.92. The van der Waals surface area contributed by atoms with E-state index in [9.17, 15) is 14.7 Å². The summed E-state index contributed by atoms with van der Waals surface area (Å²) in [5.74, 6) is 0.283. The van der Waals surface area contributed by atoms with Crippen molar-refractivity contribution in [2.24, 2.45) is 0 Å². The Morgan fingerprint density at radius 2 is 1.77 bits per heavy atom. The van der Waals surface area contributed by atoms with E-state index >= 15 is 0 Å². The van der Waals surface area contributed by atoms with Crippen LogP contribution in [0.15, 0.2) is 35.1 Å². The predicted molar refractivity (Wildman–Crippen MR) is 120 cm³/mol. The first-order valence-electron chi connectivity index (χ1n) is 11.7. The van der Waals surface area contributed by atoms with Gasteiger partial charge in [-0.3, -0.25) is 9.13 Å². The Kier molecular flexibility index (Phi) is 6.39. The van der Waals surface area contributed by atoms with Crippen molar-refractivity contribution in [3.05, 3.63) is 52.1 Å². The van der Waals surface area contributed by atoms with Crippen LogP contribution < -0.4 is 5.69 Å². The number of hydrogen-bond acceptors (Lipinski definition) is 3. The van der Waals surface area contributed by atoms with Crippen molar-refractivity contribution in [1.82, 2.24) is 18.9 Å². The van der Waals surface area contributed by atoms with E-state index in [1.807, 2.05) is 23.1 Å². The number of aromatic hydroxyl groups is 1. The molecule has 1 saturated carbocycles. The highest BCUT2D eigenvalue weighted by Gasteiger charge is 2.44. The van der Waals surface area contributed by atoms with Gasteiger partial charge in [-0.1, -0.05) is 57.0 Å². The molecule has 2 heterocycles. The van der Waals surface area contributed by atoms with Gasteiger partial charge in [-0.15, -0.1) is 0 Å². The molecule has 1 aromatic carbocycles. The molecule has 1 fully saturated rings. The van der Waals surface area contributed by atoms with Gasteiger partial charge in [-0.05, 0) is 24.8 Å². The zero-order valence-corrected chi connectivity index (χ0v) is 18.7. The molecule has 1 aromatic heterocycles. The summed E-state index contributed by atoms with van der Waals surface area (Å²) in [6.07, 6.45) is 4.91. The summed E-state index contributed by atoms with van der Waals surface area (Å²) in [6.45, 7) is 6.98. The van der Waals surface area contributed by atoms with Crippen LogP contribution in [0, 0.1) is 0 Å². The number of fused-ring (bicyclic) bond motifs is 1. The number of rotatable bonds is 8. The molecule has 1 aliphatic carbocycles. The summed E-state index contributed by atoms with van der Waals surface area (Å²) in [6, 6.07) is 10.1. The molecular formula is C24H34N4O3. The van der Waals surface area contributed by atoms with E-state index in [4.69, 9.17) is 0 Å². The minimum Gasteiger partial charge on any atom is -0.493 e. The van der Waals surface area contributed by atoms with Crippen molar-refractivity contribution in [3.8, 4) is 5.88 Å². The summed E-state index contributed by atoms with van der Waals surface area (Å²) in [5, 5.41) is 10.9. The van der Waals surface area contributed by atoms with E-state index < -0.39 is 0 Å². The molecule has 2 aromatic rings. The van der Waals surface area contributed by atoms with Crippen LogP contribution in [0.25, 0.3) is 0 Å². The van der Waals surface area contributed by atoms with Gasteiger partial charge in [0.2, 0.25) is 5.88 Å². The molecule has 0 saturated heterocycles. The molecule has 0 spiro atoms. The average Bonchev–Trinajstić information content (AvgIpc) is 3.54. The van der Waals surface area contributed by atoms with Crippen LogP contribution in [0.2, 0.25) is 0 Å². The monoisotopic (exact) mass is 426 g/mol. The average molecular weight is 427 g/mol. The summed E-state index contributed by atoms with van der Waals surface area (Å²) in [7, 11) is 0. The Bertz CT molecular complexity index is 957. The lowest BCUT2D eigenvalue weighted by Crippen LogP contribution is -2.48. The third kappa shape index (κ3) is 4.23. The number of imidazole rings is 1. The van der Waals surface area contributed by atoms with Gasteiger partial charge in [0.1, 0.15) is 5.69 Å². The first-order valence-corrected chi connectivity index (χ1v) is 11.7. The molecular weight excluding hydrogens is 392 g/mol. The smallest absolute Gasteiger partial charge is 0.331 e. The quantitative estimate of drug-likeness (QED) is 0.695. The molecule has 0 radical (unpaired) electrons. The zero-order valence-electron chi connectivity index (χ0n) is 18.7. The normalized spacial score (nSPS) is 19.9. The van der Waals surface area contributed by atoms with E-state index in [0.717, 1.165) is 45.2 Å². The van der Waals surface area contributed by atoms with E-state index in [-0.39, 0.29) is 36.1 Å². The summed E-state index contributed by atoms with van der Waals surface area (Å²) in [5.41, 5.74) is 1.60. The van der Waals surface area contributed by atoms with Crippen molar-refractivity contribution in [1.29, 1.82) is 0 Å². The van der Waals surface area contributed by atoms with Gasteiger partial charge in [0, 0.05) is 38.1 Å². The fourth-order valence-corrected chi connectivity index (χ4v) is 4.65. The largest absolute Gasteiger partial charge is 0.493 e. The van der Waals surface area contributed by atoms with Crippen LogP contribution in [0.4, 0.5) is 4.79 Å². The number of unbranched alkanes of at least 4 members (excludes halogenated alkanes) is 2. The van der Waals surface area contributed by atoms with Crippen LogP contribution >= 0.6 is 0 Å². The van der Waals surface area contributed by atoms with Gasteiger partial charge in [0.15, 0.2) is 0 Å². The topological polar surface area (TPSA) is 70.7 Å². The molecule has 0 bridgehead atoms. The van der Waals surface area contributed by atoms with Crippen molar-refractivity contribution >= 4 is 6.03 Å². The van der Waals surface area contributed by atoms with Crippen LogP contribution in [-0.2, 0) is 13.1 Å². The molecule has 7 nitrogen and oxygen atoms in total. The van der Waals surface area contributed by atoms with Gasteiger partial charge >= 0.3 is 11.7 Å². The Balaban J connectivity index is 1.51. The molecule has 2 aliphatic rings. The number of hydrogen-bond donors (Lipinski definition) is 1. The zero-order chi connectivity index (χ0) is 22.0. The molecule has 7 heteroatoms. The molecule has 4 rings (SSSR count). The third-order valence-electron chi connectivity index (χ3n) is 6.60. The number of carbonyl (C=O) groups excluding carboxylic acids is 1. The number of carbonyl (C=O) groups is 1. The van der Waals surface area contributed by atoms with E-state index in [2.05, 4.69) is 26.0 Å². The highest BCUT2D eigenvalue weighted by atomic mass is 16.3. The van der Waals surface area contributed by atoms with Crippen LogP contribution in [-0.4, -0.2) is 49.7 Å². The highest BCUT2D eigenvalue weighted by molar-refractivity contribution is 5.74. The van der Waals surface area contributed by atoms with Gasteiger partial charge < -0.3 is 14.9 Å². The lowest BCUT2D eigenvalue weighted by atomic mass is 10.1. The second kappa shape index (κ2) is 9.20. The van der Waals surface area contributed by atoms with E-state index in [0.29, 0.717) is 18.8 Å². The summed E-state index contributed by atoms with van der Waals surface area (Å²) in [4.78, 5) is 29.9. The lowest BCUT2D eigenvalue weighted by molar-refractivity contribution is 0.138. The first kappa shape index (κ1) is 21.5. The summed E-state index contributed by atoms with van der Waals surface area (Å²) >= 11 is 0. The summed E-state index contributed by atoms with van der Waals surface area (Å²) < 4.78 is 3.20. The Hall–Kier alpha value is -2.70. The molecule has 2 amide bonds. The molecule has 1 N–H and O–H groups in total. The second-order valence-electron chi connectivity index (χ2n) is 8.79. The molecule has 168 valence electrons. The van der Waals surface area contributed by atoms with Crippen LogP contribution in [0.1, 0.15) is 69.2 Å². The Labute approximate surface area is 183 Å². The van der Waals surface area contributed by atoms with E-state index in [1.165, 1.54) is 5.56 Å².